The van der Waals surface area contributed by atoms with Crippen molar-refractivity contribution in [3.8, 4) is 11.8 Å². The summed E-state index contributed by atoms with van der Waals surface area (Å²) >= 11 is 0. The zero-order chi connectivity index (χ0) is 21.1. The van der Waals surface area contributed by atoms with Crippen LogP contribution >= 0.6 is 0 Å². The number of ether oxygens (including phenoxy) is 2. The first-order valence-electron chi connectivity index (χ1n) is 9.85. The third kappa shape index (κ3) is 4.40. The largest absolute Gasteiger partial charge is 0.486 e. The van der Waals surface area contributed by atoms with Gasteiger partial charge in [0, 0.05) is 44.9 Å². The monoisotopic (exact) mass is 432 g/mol. The number of piperidine rings is 1. The van der Waals surface area contributed by atoms with Crippen LogP contribution < -0.4 is 10.1 Å². The minimum atomic E-state index is -3.53. The number of hydrogen-bond donors (Lipinski definition) is 1. The Balaban J connectivity index is 1.38. The molecule has 2 aliphatic heterocycles. The number of nitrogens with one attached hydrogen (secondary N) is 1. The molecule has 0 aliphatic carbocycles. The lowest BCUT2D eigenvalue weighted by Crippen LogP contribution is -2.42. The zero-order valence-corrected chi connectivity index (χ0v) is 17.5. The van der Waals surface area contributed by atoms with Gasteiger partial charge < -0.3 is 14.8 Å². The predicted molar refractivity (Wildman–Crippen MR) is 107 cm³/mol. The van der Waals surface area contributed by atoms with Crippen molar-refractivity contribution in [2.24, 2.45) is 7.05 Å². The first-order chi connectivity index (χ1) is 14.5. The van der Waals surface area contributed by atoms with Gasteiger partial charge in [-0.05, 0) is 12.8 Å². The Hall–Kier alpha value is -2.68. The van der Waals surface area contributed by atoms with Crippen LogP contribution in [0.1, 0.15) is 24.8 Å². The summed E-state index contributed by atoms with van der Waals surface area (Å²) in [5.74, 6) is 1.10. The number of rotatable bonds is 6. The number of hydrogen-bond acceptors (Lipinski definition) is 8. The standard InChI is InChI=1S/C19H24N6O4S/c1-24-12-17(11-22-24)30(26,27)25-5-2-15(3-6-25)23-19-8-18(14(9-20)10-21-19)29-16-4-7-28-13-16/h8,10-12,15-16H,2-7,13H2,1H3,(H,21,23)/t16-/m0/s1. The van der Waals surface area contributed by atoms with Crippen molar-refractivity contribution >= 4 is 15.8 Å². The van der Waals surface area contributed by atoms with Gasteiger partial charge in [0.15, 0.2) is 0 Å². The van der Waals surface area contributed by atoms with Gasteiger partial charge in [0.2, 0.25) is 10.0 Å². The molecule has 10 nitrogen and oxygen atoms in total. The molecule has 0 saturated carbocycles. The van der Waals surface area contributed by atoms with Gasteiger partial charge in [-0.15, -0.1) is 0 Å². The second-order valence-electron chi connectivity index (χ2n) is 7.45. The molecule has 4 rings (SSSR count). The summed E-state index contributed by atoms with van der Waals surface area (Å²) in [5, 5.41) is 16.6. The van der Waals surface area contributed by atoms with E-state index < -0.39 is 10.0 Å². The van der Waals surface area contributed by atoms with Crippen molar-refractivity contribution in [2.45, 2.75) is 36.3 Å². The molecule has 4 heterocycles. The molecule has 0 aromatic carbocycles. The van der Waals surface area contributed by atoms with Crippen molar-refractivity contribution < 1.29 is 17.9 Å². The van der Waals surface area contributed by atoms with Gasteiger partial charge in [0.1, 0.15) is 34.2 Å². The molecule has 30 heavy (non-hydrogen) atoms. The van der Waals surface area contributed by atoms with E-state index in [9.17, 15) is 13.7 Å². The first kappa shape index (κ1) is 20.6. The Bertz CT molecular complexity index is 1030. The van der Waals surface area contributed by atoms with E-state index in [1.54, 1.807) is 13.1 Å². The number of sulfonamides is 1. The maximum absolute atomic E-state index is 12.7. The molecular formula is C19H24N6O4S. The second-order valence-corrected chi connectivity index (χ2v) is 9.39. The van der Waals surface area contributed by atoms with Gasteiger partial charge >= 0.3 is 0 Å². The van der Waals surface area contributed by atoms with Crippen molar-refractivity contribution in [1.29, 1.82) is 5.26 Å². The number of aromatic nitrogens is 3. The van der Waals surface area contributed by atoms with E-state index in [4.69, 9.17) is 9.47 Å². The van der Waals surface area contributed by atoms with E-state index in [1.165, 1.54) is 27.6 Å². The van der Waals surface area contributed by atoms with E-state index in [0.717, 1.165) is 6.42 Å². The van der Waals surface area contributed by atoms with Crippen LogP contribution in [0.4, 0.5) is 5.82 Å². The highest BCUT2D eigenvalue weighted by Crippen LogP contribution is 2.26. The molecule has 2 aromatic rings. The van der Waals surface area contributed by atoms with Crippen molar-refractivity contribution in [3.63, 3.8) is 0 Å². The fraction of sp³-hybridized carbons (Fsp3) is 0.526. The molecule has 0 bridgehead atoms. The molecule has 0 amide bonds. The van der Waals surface area contributed by atoms with E-state index in [-0.39, 0.29) is 17.0 Å². The fourth-order valence-corrected chi connectivity index (χ4v) is 5.07. The lowest BCUT2D eigenvalue weighted by atomic mass is 10.1. The van der Waals surface area contributed by atoms with Crippen LogP contribution in [0.5, 0.6) is 5.75 Å². The average molecular weight is 433 g/mol. The van der Waals surface area contributed by atoms with Gasteiger partial charge in [-0.1, -0.05) is 0 Å². The van der Waals surface area contributed by atoms with Crippen LogP contribution in [0, 0.1) is 11.3 Å². The number of aryl methyl sites for hydroxylation is 1. The third-order valence-corrected chi connectivity index (χ3v) is 7.14. The van der Waals surface area contributed by atoms with Crippen LogP contribution in [-0.4, -0.2) is 65.9 Å². The number of anilines is 1. The maximum Gasteiger partial charge on any atom is 0.246 e. The Labute approximate surface area is 175 Å². The second kappa shape index (κ2) is 8.59. The van der Waals surface area contributed by atoms with Crippen LogP contribution in [0.2, 0.25) is 0 Å². The molecule has 160 valence electrons. The fourth-order valence-electron chi connectivity index (χ4n) is 3.61. The number of nitriles is 1. The van der Waals surface area contributed by atoms with Gasteiger partial charge in [0.05, 0.1) is 25.6 Å². The topological polar surface area (TPSA) is 122 Å². The Morgan fingerprint density at radius 2 is 2.10 bits per heavy atom. The molecule has 0 unspecified atom stereocenters. The molecule has 0 spiro atoms. The van der Waals surface area contributed by atoms with Crippen molar-refractivity contribution in [3.05, 3.63) is 30.2 Å². The molecule has 2 aromatic heterocycles. The van der Waals surface area contributed by atoms with E-state index in [1.807, 2.05) is 0 Å². The lowest BCUT2D eigenvalue weighted by molar-refractivity contribution is 0.141. The molecule has 2 fully saturated rings. The Morgan fingerprint density at radius 1 is 1.30 bits per heavy atom. The average Bonchev–Trinajstić information content (AvgIpc) is 3.41. The van der Waals surface area contributed by atoms with Crippen LogP contribution in [0.15, 0.2) is 29.6 Å². The first-order valence-corrected chi connectivity index (χ1v) is 11.3. The van der Waals surface area contributed by atoms with Crippen LogP contribution in [0.25, 0.3) is 0 Å². The van der Waals surface area contributed by atoms with E-state index >= 15 is 0 Å². The predicted octanol–water partition coefficient (Wildman–Crippen LogP) is 1.12. The number of nitrogens with zero attached hydrogens (tertiary/aromatic N) is 5. The SMILES string of the molecule is Cn1cc(S(=O)(=O)N2CCC(Nc3cc(O[C@H]4CCOC4)c(C#N)cn3)CC2)cn1. The summed E-state index contributed by atoms with van der Waals surface area (Å²) in [6.07, 6.45) is 6.40. The summed E-state index contributed by atoms with van der Waals surface area (Å²) in [6.45, 7) is 1.99. The van der Waals surface area contributed by atoms with Gasteiger partial charge in [-0.3, -0.25) is 4.68 Å². The molecule has 2 aliphatic rings. The summed E-state index contributed by atoms with van der Waals surface area (Å²) in [4.78, 5) is 4.52. The van der Waals surface area contributed by atoms with Crippen molar-refractivity contribution in [2.75, 3.05) is 31.6 Å². The van der Waals surface area contributed by atoms with E-state index in [0.29, 0.717) is 56.3 Å². The highest BCUT2D eigenvalue weighted by molar-refractivity contribution is 7.89. The van der Waals surface area contributed by atoms with Gasteiger partial charge in [-0.25, -0.2) is 13.4 Å². The number of pyridine rings is 1. The normalized spacial score (nSPS) is 20.7. The van der Waals surface area contributed by atoms with Crippen LogP contribution in [-0.2, 0) is 21.8 Å². The Kier molecular flexibility index (Phi) is 5.90. The molecule has 1 atom stereocenters. The van der Waals surface area contributed by atoms with Gasteiger partial charge in [0.25, 0.3) is 0 Å². The summed E-state index contributed by atoms with van der Waals surface area (Å²) in [6, 6.07) is 3.91. The quantitative estimate of drug-likeness (QED) is 0.720. The van der Waals surface area contributed by atoms with Gasteiger partial charge in [-0.2, -0.15) is 14.7 Å². The van der Waals surface area contributed by atoms with Crippen LogP contribution in [0.3, 0.4) is 0 Å². The highest BCUT2D eigenvalue weighted by atomic mass is 32.2. The zero-order valence-electron chi connectivity index (χ0n) is 16.7. The summed E-state index contributed by atoms with van der Waals surface area (Å²) < 4.78 is 39.7. The molecule has 0 radical (unpaired) electrons. The smallest absolute Gasteiger partial charge is 0.246 e. The Morgan fingerprint density at radius 3 is 2.73 bits per heavy atom. The maximum atomic E-state index is 12.7. The lowest BCUT2D eigenvalue weighted by Gasteiger charge is -2.31. The molecule has 2 saturated heterocycles. The van der Waals surface area contributed by atoms with Crippen molar-refractivity contribution in [1.82, 2.24) is 19.1 Å². The summed E-state index contributed by atoms with van der Waals surface area (Å²) in [5.41, 5.74) is 0.379. The minimum absolute atomic E-state index is 0.0618. The minimum Gasteiger partial charge on any atom is -0.486 e. The summed E-state index contributed by atoms with van der Waals surface area (Å²) in [7, 11) is -1.84. The van der Waals surface area contributed by atoms with E-state index in [2.05, 4.69) is 21.5 Å². The molecule has 11 heteroatoms. The third-order valence-electron chi connectivity index (χ3n) is 5.29. The molecular weight excluding hydrogens is 408 g/mol. The molecule has 1 N–H and O–H groups in total. The highest BCUT2D eigenvalue weighted by Gasteiger charge is 2.30.